The van der Waals surface area contributed by atoms with Crippen molar-refractivity contribution in [1.82, 2.24) is 0 Å². The van der Waals surface area contributed by atoms with E-state index in [0.717, 1.165) is 6.07 Å². The van der Waals surface area contributed by atoms with Crippen LogP contribution >= 0.6 is 0 Å². The molecule has 1 amide bonds. The second-order valence-corrected chi connectivity index (χ2v) is 8.58. The largest absolute Gasteiger partial charge is 0.417 e. The summed E-state index contributed by atoms with van der Waals surface area (Å²) in [5.41, 5.74) is 0.155. The number of primary sulfonamides is 1. The van der Waals surface area contributed by atoms with Crippen LogP contribution in [-0.2, 0) is 22.8 Å². The number of amides is 1. The first-order valence-corrected chi connectivity index (χ1v) is 10.8. The highest BCUT2D eigenvalue weighted by molar-refractivity contribution is 7.89. The minimum Gasteiger partial charge on any atom is -0.392 e. The Morgan fingerprint density at radius 3 is 2.31 bits per heavy atom. The molecule has 0 radical (unpaired) electrons. The average molecular weight is 464 g/mol. The molecule has 0 heterocycles. The monoisotopic (exact) mass is 464 g/mol. The number of aryl methyl sites for hydroxylation is 1. The second kappa shape index (κ2) is 8.73. The topological polar surface area (TPSA) is 109 Å². The van der Waals surface area contributed by atoms with E-state index in [1.165, 1.54) is 61.5 Å². The number of halogens is 3. The summed E-state index contributed by atoms with van der Waals surface area (Å²) >= 11 is 0. The fraction of sp³-hybridized carbons (Fsp3) is 0.136. The van der Waals surface area contributed by atoms with Gasteiger partial charge in [-0.15, -0.1) is 0 Å². The summed E-state index contributed by atoms with van der Waals surface area (Å²) in [4.78, 5) is 12.5. The van der Waals surface area contributed by atoms with Crippen LogP contribution < -0.4 is 10.5 Å². The highest BCUT2D eigenvalue weighted by Gasteiger charge is 2.33. The van der Waals surface area contributed by atoms with Gasteiger partial charge in [-0.3, -0.25) is 4.79 Å². The van der Waals surface area contributed by atoms with Crippen molar-refractivity contribution >= 4 is 21.6 Å². The molecule has 0 aliphatic carbocycles. The molecular weight excluding hydrogens is 445 g/mol. The molecule has 0 bridgehead atoms. The van der Waals surface area contributed by atoms with Crippen molar-refractivity contribution in [3.63, 3.8) is 0 Å². The van der Waals surface area contributed by atoms with Crippen LogP contribution in [0.25, 0.3) is 11.1 Å². The standard InChI is InChI=1S/C22H19F3N2O4S/c1-13-10-14(6-9-20(13)32(26,30)31)21(29)27-16-7-8-17(15(11-16)12-28)18-4-2-3-5-19(18)22(23,24)25/h2-11,28H,12H2,1H3,(H,27,29)(H2,26,30,31). The number of hydrogen-bond donors (Lipinski definition) is 3. The van der Waals surface area contributed by atoms with Gasteiger partial charge in [0.2, 0.25) is 10.0 Å². The smallest absolute Gasteiger partial charge is 0.392 e. The van der Waals surface area contributed by atoms with E-state index < -0.39 is 34.3 Å². The van der Waals surface area contributed by atoms with Crippen LogP contribution in [0.2, 0.25) is 0 Å². The molecule has 0 atom stereocenters. The number of anilines is 1. The van der Waals surface area contributed by atoms with E-state index >= 15 is 0 Å². The Labute approximate surface area is 182 Å². The summed E-state index contributed by atoms with van der Waals surface area (Å²) < 4.78 is 63.2. The van der Waals surface area contributed by atoms with Crippen molar-refractivity contribution in [3.05, 3.63) is 82.9 Å². The lowest BCUT2D eigenvalue weighted by Gasteiger charge is -2.16. The molecule has 0 unspecified atom stereocenters. The van der Waals surface area contributed by atoms with Crippen LogP contribution in [0.3, 0.4) is 0 Å². The minimum absolute atomic E-state index is 0.0869. The lowest BCUT2D eigenvalue weighted by molar-refractivity contribution is -0.137. The molecule has 0 fully saturated rings. The Morgan fingerprint density at radius 2 is 1.72 bits per heavy atom. The maximum atomic E-state index is 13.4. The fourth-order valence-corrected chi connectivity index (χ4v) is 4.11. The number of sulfonamides is 1. The third-order valence-electron chi connectivity index (χ3n) is 4.80. The fourth-order valence-electron chi connectivity index (χ4n) is 3.34. The number of nitrogens with one attached hydrogen (secondary N) is 1. The molecule has 32 heavy (non-hydrogen) atoms. The third-order valence-corrected chi connectivity index (χ3v) is 5.87. The summed E-state index contributed by atoms with van der Waals surface area (Å²) in [5, 5.41) is 17.4. The zero-order chi connectivity index (χ0) is 23.7. The Bertz CT molecular complexity index is 1290. The molecule has 0 saturated heterocycles. The molecule has 3 rings (SSSR count). The first-order chi connectivity index (χ1) is 14.9. The summed E-state index contributed by atoms with van der Waals surface area (Å²) in [6.45, 7) is 0.945. The summed E-state index contributed by atoms with van der Waals surface area (Å²) in [5.74, 6) is -0.568. The molecule has 168 valence electrons. The molecule has 3 aromatic carbocycles. The van der Waals surface area contributed by atoms with Crippen LogP contribution in [0.1, 0.15) is 27.0 Å². The summed E-state index contributed by atoms with van der Waals surface area (Å²) in [6.07, 6.45) is -4.57. The molecule has 4 N–H and O–H groups in total. The first-order valence-electron chi connectivity index (χ1n) is 9.27. The van der Waals surface area contributed by atoms with E-state index in [-0.39, 0.29) is 38.4 Å². The average Bonchev–Trinajstić information content (AvgIpc) is 2.72. The number of aliphatic hydroxyl groups excluding tert-OH is 1. The van der Waals surface area contributed by atoms with Crippen molar-refractivity contribution in [2.45, 2.75) is 24.6 Å². The van der Waals surface area contributed by atoms with Crippen LogP contribution in [0, 0.1) is 6.92 Å². The molecule has 0 saturated carbocycles. The molecule has 10 heteroatoms. The van der Waals surface area contributed by atoms with Gasteiger partial charge in [0, 0.05) is 11.3 Å². The van der Waals surface area contributed by atoms with Gasteiger partial charge in [-0.05, 0) is 65.6 Å². The summed E-state index contributed by atoms with van der Waals surface area (Å²) in [6, 6.07) is 13.1. The van der Waals surface area contributed by atoms with Crippen LogP contribution in [-0.4, -0.2) is 19.4 Å². The van der Waals surface area contributed by atoms with Crippen molar-refractivity contribution < 1.29 is 31.5 Å². The maximum Gasteiger partial charge on any atom is 0.417 e. The number of aliphatic hydroxyl groups is 1. The zero-order valence-corrected chi connectivity index (χ0v) is 17.6. The molecule has 0 aliphatic heterocycles. The summed E-state index contributed by atoms with van der Waals surface area (Å²) in [7, 11) is -3.93. The number of carbonyl (C=O) groups excluding carboxylic acids is 1. The van der Waals surface area contributed by atoms with Crippen LogP contribution in [0.5, 0.6) is 0 Å². The molecule has 0 aromatic heterocycles. The molecule has 0 spiro atoms. The van der Waals surface area contributed by atoms with Crippen LogP contribution in [0.4, 0.5) is 18.9 Å². The van der Waals surface area contributed by atoms with E-state index in [1.807, 2.05) is 0 Å². The lowest BCUT2D eigenvalue weighted by atomic mass is 9.95. The molecular formula is C22H19F3N2O4S. The van der Waals surface area contributed by atoms with Gasteiger partial charge in [0.05, 0.1) is 17.1 Å². The predicted octanol–water partition coefficient (Wildman–Crippen LogP) is 4.07. The highest BCUT2D eigenvalue weighted by atomic mass is 32.2. The maximum absolute atomic E-state index is 13.4. The lowest BCUT2D eigenvalue weighted by Crippen LogP contribution is -2.16. The molecule has 0 aliphatic rings. The SMILES string of the molecule is Cc1cc(C(=O)Nc2ccc(-c3ccccc3C(F)(F)F)c(CO)c2)ccc1S(N)(=O)=O. The minimum atomic E-state index is -4.57. The van der Waals surface area contributed by atoms with Crippen molar-refractivity contribution in [2.24, 2.45) is 5.14 Å². The number of rotatable bonds is 5. The normalized spacial score (nSPS) is 11.9. The number of benzene rings is 3. The Hall–Kier alpha value is -3.21. The number of alkyl halides is 3. The van der Waals surface area contributed by atoms with E-state index in [9.17, 15) is 31.5 Å². The van der Waals surface area contributed by atoms with Gasteiger partial charge in [-0.25, -0.2) is 13.6 Å². The zero-order valence-electron chi connectivity index (χ0n) is 16.8. The molecule has 6 nitrogen and oxygen atoms in total. The Balaban J connectivity index is 1.93. The van der Waals surface area contributed by atoms with Gasteiger partial charge in [-0.1, -0.05) is 24.3 Å². The van der Waals surface area contributed by atoms with E-state index in [4.69, 9.17) is 5.14 Å². The van der Waals surface area contributed by atoms with Gasteiger partial charge in [0.25, 0.3) is 5.91 Å². The first kappa shape index (κ1) is 23.5. The van der Waals surface area contributed by atoms with E-state index in [1.54, 1.807) is 0 Å². The second-order valence-electron chi connectivity index (χ2n) is 7.05. The Morgan fingerprint density at radius 1 is 1.03 bits per heavy atom. The van der Waals surface area contributed by atoms with Gasteiger partial charge in [0.1, 0.15) is 0 Å². The van der Waals surface area contributed by atoms with Gasteiger partial charge < -0.3 is 10.4 Å². The van der Waals surface area contributed by atoms with Crippen molar-refractivity contribution in [2.75, 3.05) is 5.32 Å². The molecule has 3 aromatic rings. The van der Waals surface area contributed by atoms with Gasteiger partial charge >= 0.3 is 6.18 Å². The predicted molar refractivity (Wildman–Crippen MR) is 113 cm³/mol. The number of nitrogens with two attached hydrogens (primary N) is 1. The Kier molecular flexibility index (Phi) is 6.40. The quantitative estimate of drug-likeness (QED) is 0.529. The highest BCUT2D eigenvalue weighted by Crippen LogP contribution is 2.38. The van der Waals surface area contributed by atoms with Gasteiger partial charge in [-0.2, -0.15) is 13.2 Å². The van der Waals surface area contributed by atoms with Crippen LogP contribution in [0.15, 0.2) is 65.6 Å². The number of carbonyl (C=O) groups is 1. The number of hydrogen-bond acceptors (Lipinski definition) is 4. The van der Waals surface area contributed by atoms with E-state index in [0.29, 0.717) is 0 Å². The van der Waals surface area contributed by atoms with Gasteiger partial charge in [0.15, 0.2) is 0 Å². The third kappa shape index (κ3) is 4.98. The van der Waals surface area contributed by atoms with Crippen molar-refractivity contribution in [1.29, 1.82) is 0 Å². The van der Waals surface area contributed by atoms with E-state index in [2.05, 4.69) is 5.32 Å². The van der Waals surface area contributed by atoms with Crippen molar-refractivity contribution in [3.8, 4) is 11.1 Å².